The van der Waals surface area contributed by atoms with Gasteiger partial charge in [0.15, 0.2) is 9.84 Å². The van der Waals surface area contributed by atoms with Crippen LogP contribution in [-0.4, -0.2) is 39.5 Å². The standard InChI is InChI=1S/C12H18N2O4S/c1-18-7-2-8-19(16,17)9-12(15)14-11-5-3-10(13)4-6-11/h3-6H,2,7-9,13H2,1H3,(H,14,15). The van der Waals surface area contributed by atoms with Crippen LogP contribution in [0, 0.1) is 0 Å². The molecule has 0 spiro atoms. The molecule has 0 bridgehead atoms. The van der Waals surface area contributed by atoms with Crippen molar-refractivity contribution >= 4 is 27.1 Å². The number of carbonyl (C=O) groups excluding carboxylic acids is 1. The Labute approximate surface area is 112 Å². The van der Waals surface area contributed by atoms with Crippen LogP contribution in [-0.2, 0) is 19.4 Å². The van der Waals surface area contributed by atoms with Gasteiger partial charge in [-0.1, -0.05) is 0 Å². The van der Waals surface area contributed by atoms with E-state index in [2.05, 4.69) is 5.32 Å². The third-order valence-electron chi connectivity index (χ3n) is 2.35. The molecule has 19 heavy (non-hydrogen) atoms. The number of nitrogens with two attached hydrogens (primary N) is 1. The maximum Gasteiger partial charge on any atom is 0.239 e. The van der Waals surface area contributed by atoms with E-state index in [0.717, 1.165) is 0 Å². The molecule has 0 fully saturated rings. The summed E-state index contributed by atoms with van der Waals surface area (Å²) in [7, 11) is -1.90. The molecule has 3 N–H and O–H groups in total. The summed E-state index contributed by atoms with van der Waals surface area (Å²) in [5.41, 5.74) is 6.60. The molecule has 1 amide bonds. The third kappa shape index (κ3) is 6.21. The Morgan fingerprint density at radius 1 is 1.32 bits per heavy atom. The van der Waals surface area contributed by atoms with E-state index in [1.807, 2.05) is 0 Å². The number of rotatable bonds is 7. The maximum atomic E-state index is 11.6. The largest absolute Gasteiger partial charge is 0.399 e. The van der Waals surface area contributed by atoms with E-state index >= 15 is 0 Å². The van der Waals surface area contributed by atoms with E-state index in [-0.39, 0.29) is 5.75 Å². The monoisotopic (exact) mass is 286 g/mol. The molecular formula is C12H18N2O4S. The van der Waals surface area contributed by atoms with Crippen LogP contribution in [0.4, 0.5) is 11.4 Å². The van der Waals surface area contributed by atoms with Crippen molar-refractivity contribution in [3.8, 4) is 0 Å². The molecule has 106 valence electrons. The number of benzene rings is 1. The van der Waals surface area contributed by atoms with Gasteiger partial charge in [0.1, 0.15) is 5.75 Å². The summed E-state index contributed by atoms with van der Waals surface area (Å²) in [4.78, 5) is 11.6. The summed E-state index contributed by atoms with van der Waals surface area (Å²) in [6.45, 7) is 0.360. The molecule has 0 aliphatic heterocycles. The Morgan fingerprint density at radius 2 is 1.95 bits per heavy atom. The van der Waals surface area contributed by atoms with Crippen LogP contribution in [0.1, 0.15) is 6.42 Å². The molecule has 0 saturated heterocycles. The van der Waals surface area contributed by atoms with Gasteiger partial charge in [0.05, 0.1) is 5.75 Å². The minimum absolute atomic E-state index is 0.0595. The minimum Gasteiger partial charge on any atom is -0.399 e. The summed E-state index contributed by atoms with van der Waals surface area (Å²) in [5, 5.41) is 2.51. The van der Waals surface area contributed by atoms with Crippen LogP contribution in [0.5, 0.6) is 0 Å². The molecular weight excluding hydrogens is 268 g/mol. The lowest BCUT2D eigenvalue weighted by atomic mass is 10.3. The van der Waals surface area contributed by atoms with Gasteiger partial charge in [-0.3, -0.25) is 4.79 Å². The van der Waals surface area contributed by atoms with Gasteiger partial charge in [-0.25, -0.2) is 8.42 Å². The lowest BCUT2D eigenvalue weighted by molar-refractivity contribution is -0.113. The highest BCUT2D eigenvalue weighted by Crippen LogP contribution is 2.10. The van der Waals surface area contributed by atoms with Gasteiger partial charge >= 0.3 is 0 Å². The zero-order valence-corrected chi connectivity index (χ0v) is 11.6. The SMILES string of the molecule is COCCCS(=O)(=O)CC(=O)Nc1ccc(N)cc1. The minimum atomic E-state index is -3.40. The van der Waals surface area contributed by atoms with Crippen LogP contribution < -0.4 is 11.1 Å². The van der Waals surface area contributed by atoms with Crippen LogP contribution in [0.3, 0.4) is 0 Å². The van der Waals surface area contributed by atoms with Gasteiger partial charge in [-0.2, -0.15) is 0 Å². The van der Waals surface area contributed by atoms with Crippen molar-refractivity contribution in [2.75, 3.05) is 36.3 Å². The molecule has 0 heterocycles. The summed E-state index contributed by atoms with van der Waals surface area (Å²) < 4.78 is 28.0. The van der Waals surface area contributed by atoms with Gasteiger partial charge < -0.3 is 15.8 Å². The van der Waals surface area contributed by atoms with E-state index in [1.54, 1.807) is 24.3 Å². The highest BCUT2D eigenvalue weighted by atomic mass is 32.2. The smallest absolute Gasteiger partial charge is 0.239 e. The van der Waals surface area contributed by atoms with Gasteiger partial charge in [0, 0.05) is 25.1 Å². The summed E-state index contributed by atoms with van der Waals surface area (Å²) in [6, 6.07) is 6.49. The average molecular weight is 286 g/mol. The third-order valence-corrected chi connectivity index (χ3v) is 3.96. The van der Waals surface area contributed by atoms with E-state index in [9.17, 15) is 13.2 Å². The van der Waals surface area contributed by atoms with Crippen molar-refractivity contribution in [1.82, 2.24) is 0 Å². The van der Waals surface area contributed by atoms with Crippen LogP contribution in [0.25, 0.3) is 0 Å². The first-order valence-corrected chi connectivity index (χ1v) is 7.60. The molecule has 0 radical (unpaired) electrons. The topological polar surface area (TPSA) is 98.5 Å². The fraction of sp³-hybridized carbons (Fsp3) is 0.417. The molecule has 0 unspecified atom stereocenters. The molecule has 1 rings (SSSR count). The highest BCUT2D eigenvalue weighted by molar-refractivity contribution is 7.92. The summed E-state index contributed by atoms with van der Waals surface area (Å²) in [5.74, 6) is -1.14. The molecule has 0 atom stereocenters. The van der Waals surface area contributed by atoms with E-state index in [0.29, 0.717) is 24.4 Å². The second-order valence-corrected chi connectivity index (χ2v) is 6.29. The maximum absolute atomic E-state index is 11.6. The number of anilines is 2. The average Bonchev–Trinajstić information content (AvgIpc) is 2.31. The number of methoxy groups -OCH3 is 1. The van der Waals surface area contributed by atoms with Crippen LogP contribution in [0.15, 0.2) is 24.3 Å². The van der Waals surface area contributed by atoms with E-state index < -0.39 is 21.5 Å². The van der Waals surface area contributed by atoms with Crippen molar-refractivity contribution in [3.63, 3.8) is 0 Å². The van der Waals surface area contributed by atoms with Crippen molar-refractivity contribution in [2.24, 2.45) is 0 Å². The number of hydrogen-bond donors (Lipinski definition) is 2. The van der Waals surface area contributed by atoms with Gasteiger partial charge in [-0.05, 0) is 30.7 Å². The quantitative estimate of drug-likeness (QED) is 0.566. The Kier molecular flexibility index (Phi) is 5.78. The first-order valence-electron chi connectivity index (χ1n) is 5.78. The number of hydrogen-bond acceptors (Lipinski definition) is 5. The van der Waals surface area contributed by atoms with Crippen LogP contribution >= 0.6 is 0 Å². The molecule has 0 aromatic heterocycles. The number of nitrogen functional groups attached to an aromatic ring is 1. The zero-order chi connectivity index (χ0) is 14.3. The number of ether oxygens (including phenoxy) is 1. The van der Waals surface area contributed by atoms with Crippen molar-refractivity contribution < 1.29 is 17.9 Å². The number of sulfone groups is 1. The Morgan fingerprint density at radius 3 is 2.53 bits per heavy atom. The molecule has 1 aromatic rings. The fourth-order valence-corrected chi connectivity index (χ4v) is 2.63. The Bertz CT molecular complexity index is 511. The van der Waals surface area contributed by atoms with E-state index in [1.165, 1.54) is 7.11 Å². The summed E-state index contributed by atoms with van der Waals surface area (Å²) >= 11 is 0. The second-order valence-electron chi connectivity index (χ2n) is 4.11. The lowest BCUT2D eigenvalue weighted by Gasteiger charge is -2.06. The predicted octanol–water partition coefficient (Wildman–Crippen LogP) is 0.659. The van der Waals surface area contributed by atoms with Crippen molar-refractivity contribution in [2.45, 2.75) is 6.42 Å². The van der Waals surface area contributed by atoms with Gasteiger partial charge in [-0.15, -0.1) is 0 Å². The van der Waals surface area contributed by atoms with Gasteiger partial charge in [0.25, 0.3) is 0 Å². The normalized spacial score (nSPS) is 11.2. The Balaban J connectivity index is 2.48. The van der Waals surface area contributed by atoms with Crippen molar-refractivity contribution in [1.29, 1.82) is 0 Å². The lowest BCUT2D eigenvalue weighted by Crippen LogP contribution is -2.25. The number of amides is 1. The first-order chi connectivity index (χ1) is 8.93. The van der Waals surface area contributed by atoms with Gasteiger partial charge in [0.2, 0.25) is 5.91 Å². The second kappa shape index (κ2) is 7.10. The highest BCUT2D eigenvalue weighted by Gasteiger charge is 2.16. The molecule has 7 heteroatoms. The number of carbonyl (C=O) groups is 1. The van der Waals surface area contributed by atoms with Crippen LogP contribution in [0.2, 0.25) is 0 Å². The van der Waals surface area contributed by atoms with Crippen molar-refractivity contribution in [3.05, 3.63) is 24.3 Å². The molecule has 0 saturated carbocycles. The molecule has 6 nitrogen and oxygen atoms in total. The Hall–Kier alpha value is -1.60. The fourth-order valence-electron chi connectivity index (χ4n) is 1.46. The van der Waals surface area contributed by atoms with E-state index in [4.69, 9.17) is 10.5 Å². The molecule has 0 aliphatic rings. The first kappa shape index (κ1) is 15.5. The predicted molar refractivity (Wildman–Crippen MR) is 74.6 cm³/mol. The zero-order valence-electron chi connectivity index (χ0n) is 10.8. The summed E-state index contributed by atoms with van der Waals surface area (Å²) in [6.07, 6.45) is 0.383. The molecule has 1 aromatic carbocycles. The molecule has 0 aliphatic carbocycles. The number of nitrogens with one attached hydrogen (secondary N) is 1.